The highest BCUT2D eigenvalue weighted by atomic mass is 79.9. The number of fused-ring (bicyclic) bond motifs is 1. The van der Waals surface area contributed by atoms with E-state index in [2.05, 4.69) is 42.4 Å². The summed E-state index contributed by atoms with van der Waals surface area (Å²) in [4.78, 5) is 29.4. The summed E-state index contributed by atoms with van der Waals surface area (Å²) in [6.07, 6.45) is 1.49. The molecule has 24 heavy (non-hydrogen) atoms. The van der Waals surface area contributed by atoms with Gasteiger partial charge in [0, 0.05) is 10.4 Å². The number of nitrogens with zero attached hydrogens (tertiary/aromatic N) is 1. The average Bonchev–Trinajstić information content (AvgIpc) is 3.25. The number of anilines is 2. The van der Waals surface area contributed by atoms with Crippen molar-refractivity contribution in [1.82, 2.24) is 15.7 Å². The van der Waals surface area contributed by atoms with Gasteiger partial charge in [-0.25, -0.2) is 10.4 Å². The van der Waals surface area contributed by atoms with Crippen molar-refractivity contribution >= 4 is 50.0 Å². The van der Waals surface area contributed by atoms with E-state index in [0.717, 1.165) is 22.2 Å². The zero-order valence-corrected chi connectivity index (χ0v) is 14.8. The van der Waals surface area contributed by atoms with E-state index in [1.54, 1.807) is 6.07 Å². The molecule has 1 unspecified atom stereocenters. The highest BCUT2D eigenvalue weighted by molar-refractivity contribution is 9.10. The molecule has 7 nitrogen and oxygen atoms in total. The van der Waals surface area contributed by atoms with Gasteiger partial charge in [-0.05, 0) is 40.9 Å². The first kappa shape index (κ1) is 15.6. The third kappa shape index (κ3) is 3.02. The number of nitrogens with one attached hydrogen (secondary N) is 4. The van der Waals surface area contributed by atoms with Crippen LogP contribution in [0, 0.1) is 5.92 Å². The van der Waals surface area contributed by atoms with Crippen LogP contribution in [0.25, 0.3) is 0 Å². The predicted octanol–water partition coefficient (Wildman–Crippen LogP) is 2.61. The molecule has 1 saturated carbocycles. The standard InChI is InChI=1S/C15H14BrN5O2S/c16-9-4-2-1-3-8(9)14(23)17-11-10-12(21-20-11)18-15(24-10)19-13(22)7-5-6-7/h1-4,7,11,20-21H,5-6H2,(H,17,23)(H,18,19,22). The molecule has 0 bridgehead atoms. The molecule has 1 aromatic carbocycles. The van der Waals surface area contributed by atoms with Crippen LogP contribution in [0.5, 0.6) is 0 Å². The Labute approximate surface area is 150 Å². The maximum Gasteiger partial charge on any atom is 0.253 e. The Morgan fingerprint density at radius 3 is 2.83 bits per heavy atom. The second kappa shape index (κ2) is 6.15. The monoisotopic (exact) mass is 407 g/mol. The fraction of sp³-hybridized carbons (Fsp3) is 0.267. The highest BCUT2D eigenvalue weighted by Crippen LogP contribution is 2.36. The van der Waals surface area contributed by atoms with Crippen molar-refractivity contribution < 1.29 is 9.59 Å². The fourth-order valence-electron chi connectivity index (χ4n) is 2.39. The van der Waals surface area contributed by atoms with Gasteiger partial charge in [0.15, 0.2) is 10.9 Å². The summed E-state index contributed by atoms with van der Waals surface area (Å²) >= 11 is 4.73. The Balaban J connectivity index is 1.47. The van der Waals surface area contributed by atoms with Gasteiger partial charge in [0.1, 0.15) is 6.17 Å². The van der Waals surface area contributed by atoms with Crippen LogP contribution in [0.15, 0.2) is 28.7 Å². The molecule has 4 rings (SSSR count). The van der Waals surface area contributed by atoms with E-state index in [-0.39, 0.29) is 17.7 Å². The van der Waals surface area contributed by atoms with Gasteiger partial charge in [0.05, 0.1) is 10.4 Å². The summed E-state index contributed by atoms with van der Waals surface area (Å²) in [5, 5.41) is 6.28. The molecule has 4 N–H and O–H groups in total. The third-order valence-electron chi connectivity index (χ3n) is 3.82. The molecule has 0 spiro atoms. The van der Waals surface area contributed by atoms with Crippen molar-refractivity contribution in [2.45, 2.75) is 19.0 Å². The zero-order valence-electron chi connectivity index (χ0n) is 12.4. The van der Waals surface area contributed by atoms with Gasteiger partial charge in [0.2, 0.25) is 5.91 Å². The summed E-state index contributed by atoms with van der Waals surface area (Å²) in [5.74, 6) is 0.569. The Morgan fingerprint density at radius 2 is 2.08 bits per heavy atom. The lowest BCUT2D eigenvalue weighted by molar-refractivity contribution is -0.117. The van der Waals surface area contributed by atoms with Gasteiger partial charge >= 0.3 is 0 Å². The second-order valence-corrected chi connectivity index (χ2v) is 7.54. The Kier molecular flexibility index (Phi) is 3.99. The van der Waals surface area contributed by atoms with E-state index < -0.39 is 6.17 Å². The van der Waals surface area contributed by atoms with Crippen LogP contribution < -0.4 is 21.5 Å². The number of benzene rings is 1. The van der Waals surface area contributed by atoms with E-state index in [0.29, 0.717) is 16.5 Å². The normalized spacial score (nSPS) is 18.6. The van der Waals surface area contributed by atoms with Gasteiger partial charge < -0.3 is 16.1 Å². The number of hydrogen-bond donors (Lipinski definition) is 4. The number of carbonyl (C=O) groups is 2. The number of rotatable bonds is 4. The lowest BCUT2D eigenvalue weighted by atomic mass is 10.2. The van der Waals surface area contributed by atoms with Crippen LogP contribution in [0.3, 0.4) is 0 Å². The Bertz CT molecular complexity index is 820. The Morgan fingerprint density at radius 1 is 1.29 bits per heavy atom. The minimum atomic E-state index is -0.399. The third-order valence-corrected chi connectivity index (χ3v) is 5.55. The number of hydrogen-bond acceptors (Lipinski definition) is 6. The van der Waals surface area contributed by atoms with Crippen molar-refractivity contribution in [3.8, 4) is 0 Å². The van der Waals surface area contributed by atoms with E-state index in [4.69, 9.17) is 0 Å². The van der Waals surface area contributed by atoms with Crippen LogP contribution in [-0.2, 0) is 4.79 Å². The molecule has 124 valence electrons. The molecule has 2 aromatic rings. The highest BCUT2D eigenvalue weighted by Gasteiger charge is 2.32. The molecule has 1 atom stereocenters. The predicted molar refractivity (Wildman–Crippen MR) is 94.6 cm³/mol. The summed E-state index contributed by atoms with van der Waals surface area (Å²) < 4.78 is 0.732. The van der Waals surface area contributed by atoms with Gasteiger partial charge in [-0.1, -0.05) is 23.5 Å². The van der Waals surface area contributed by atoms with E-state index in [1.165, 1.54) is 11.3 Å². The number of hydrazine groups is 1. The summed E-state index contributed by atoms with van der Waals surface area (Å²) in [6, 6.07) is 7.23. The molecule has 2 heterocycles. The quantitative estimate of drug-likeness (QED) is 0.624. The summed E-state index contributed by atoms with van der Waals surface area (Å²) in [5.41, 5.74) is 6.46. The van der Waals surface area contributed by atoms with Crippen molar-refractivity contribution in [3.63, 3.8) is 0 Å². The van der Waals surface area contributed by atoms with Crippen LogP contribution in [0.1, 0.15) is 34.2 Å². The minimum Gasteiger partial charge on any atom is -0.330 e. The Hall–Kier alpha value is -1.97. The van der Waals surface area contributed by atoms with Gasteiger partial charge in [-0.15, -0.1) is 0 Å². The summed E-state index contributed by atoms with van der Waals surface area (Å²) in [7, 11) is 0. The lowest BCUT2D eigenvalue weighted by Gasteiger charge is -2.13. The molecule has 2 aliphatic rings. The number of amides is 2. The van der Waals surface area contributed by atoms with Crippen molar-refractivity contribution in [3.05, 3.63) is 39.2 Å². The number of aromatic nitrogens is 1. The van der Waals surface area contributed by atoms with Crippen LogP contribution >= 0.6 is 27.3 Å². The first-order valence-corrected chi connectivity index (χ1v) is 9.11. The fourth-order valence-corrected chi connectivity index (χ4v) is 3.78. The molecule has 0 saturated heterocycles. The van der Waals surface area contributed by atoms with Crippen LogP contribution in [0.2, 0.25) is 0 Å². The van der Waals surface area contributed by atoms with Gasteiger partial charge in [0.25, 0.3) is 5.91 Å². The molecule has 0 radical (unpaired) electrons. The maximum absolute atomic E-state index is 12.4. The molecule has 1 aliphatic carbocycles. The molecular formula is C15H14BrN5O2S. The number of halogens is 1. The van der Waals surface area contributed by atoms with E-state index in [1.807, 2.05) is 18.2 Å². The molecule has 9 heteroatoms. The topological polar surface area (TPSA) is 95.2 Å². The van der Waals surface area contributed by atoms with Crippen molar-refractivity contribution in [1.29, 1.82) is 0 Å². The number of carbonyl (C=O) groups excluding carboxylic acids is 2. The lowest BCUT2D eigenvalue weighted by Crippen LogP contribution is -2.36. The SMILES string of the molecule is O=C(NC1NNc2nc(NC(=O)C3CC3)sc21)c1ccccc1Br. The molecule has 2 amide bonds. The largest absolute Gasteiger partial charge is 0.330 e. The first-order chi connectivity index (χ1) is 11.6. The first-order valence-electron chi connectivity index (χ1n) is 7.50. The average molecular weight is 408 g/mol. The minimum absolute atomic E-state index is 0.0178. The molecular weight excluding hydrogens is 394 g/mol. The van der Waals surface area contributed by atoms with Crippen molar-refractivity contribution in [2.75, 3.05) is 10.7 Å². The second-order valence-electron chi connectivity index (χ2n) is 5.65. The smallest absolute Gasteiger partial charge is 0.253 e. The van der Waals surface area contributed by atoms with Gasteiger partial charge in [-0.3, -0.25) is 9.59 Å². The van der Waals surface area contributed by atoms with Gasteiger partial charge in [-0.2, -0.15) is 0 Å². The van der Waals surface area contributed by atoms with E-state index in [9.17, 15) is 9.59 Å². The number of thiazole rings is 1. The van der Waals surface area contributed by atoms with Crippen LogP contribution in [0.4, 0.5) is 10.9 Å². The summed E-state index contributed by atoms with van der Waals surface area (Å²) in [6.45, 7) is 0. The zero-order chi connectivity index (χ0) is 16.7. The van der Waals surface area contributed by atoms with Crippen molar-refractivity contribution in [2.24, 2.45) is 5.92 Å². The van der Waals surface area contributed by atoms with E-state index >= 15 is 0 Å². The molecule has 1 aromatic heterocycles. The molecule has 1 aliphatic heterocycles. The maximum atomic E-state index is 12.4. The van der Waals surface area contributed by atoms with Crippen LogP contribution in [-0.4, -0.2) is 16.8 Å². The molecule has 1 fully saturated rings.